The first-order valence-electron chi connectivity index (χ1n) is 6.51. The number of aliphatic hydroxyl groups is 1. The molecule has 5 heteroatoms. The van der Waals surface area contributed by atoms with Crippen LogP contribution in [0.1, 0.15) is 15.9 Å². The van der Waals surface area contributed by atoms with Gasteiger partial charge < -0.3 is 10.0 Å². The summed E-state index contributed by atoms with van der Waals surface area (Å²) >= 11 is 6.19. The first kappa shape index (κ1) is 14.3. The monoisotopic (exact) mass is 282 g/mol. The van der Waals surface area contributed by atoms with Crippen LogP contribution in [0.2, 0.25) is 5.02 Å². The zero-order valence-electron chi connectivity index (χ0n) is 11.1. The molecule has 1 aliphatic heterocycles. The highest BCUT2D eigenvalue weighted by atomic mass is 35.5. The number of hydrogen-bond donors (Lipinski definition) is 1. The van der Waals surface area contributed by atoms with E-state index in [0.717, 1.165) is 18.7 Å². The summed E-state index contributed by atoms with van der Waals surface area (Å²) in [5, 5.41) is 9.45. The van der Waals surface area contributed by atoms with E-state index < -0.39 is 0 Å². The fourth-order valence-corrected chi connectivity index (χ4v) is 2.51. The van der Waals surface area contributed by atoms with Gasteiger partial charge in [0.15, 0.2) is 0 Å². The van der Waals surface area contributed by atoms with Crippen molar-refractivity contribution < 1.29 is 9.90 Å². The predicted octanol–water partition coefficient (Wildman–Crippen LogP) is 1.40. The maximum atomic E-state index is 12.4. The van der Waals surface area contributed by atoms with Crippen LogP contribution in [0.3, 0.4) is 0 Å². The lowest BCUT2D eigenvalue weighted by molar-refractivity contribution is 0.0615. The molecule has 1 fully saturated rings. The van der Waals surface area contributed by atoms with Crippen molar-refractivity contribution in [2.24, 2.45) is 0 Å². The SMILES string of the molecule is Cc1cccc(C(=O)N2CCN(CCO)CC2)c1Cl. The third-order valence-corrected chi connectivity index (χ3v) is 4.00. The molecule has 0 radical (unpaired) electrons. The Morgan fingerprint density at radius 3 is 2.63 bits per heavy atom. The number of carbonyl (C=O) groups is 1. The molecule has 0 saturated carbocycles. The van der Waals surface area contributed by atoms with E-state index in [-0.39, 0.29) is 12.5 Å². The van der Waals surface area contributed by atoms with Crippen LogP contribution in [0.15, 0.2) is 18.2 Å². The van der Waals surface area contributed by atoms with Crippen LogP contribution in [0.4, 0.5) is 0 Å². The Hall–Kier alpha value is -1.10. The van der Waals surface area contributed by atoms with Gasteiger partial charge >= 0.3 is 0 Å². The summed E-state index contributed by atoms with van der Waals surface area (Å²) in [5.74, 6) is -0.00246. The number of carbonyl (C=O) groups excluding carboxylic acids is 1. The topological polar surface area (TPSA) is 43.8 Å². The second kappa shape index (κ2) is 6.37. The van der Waals surface area contributed by atoms with Crippen LogP contribution in [-0.2, 0) is 0 Å². The molecule has 0 bridgehead atoms. The highest BCUT2D eigenvalue weighted by Gasteiger charge is 2.23. The van der Waals surface area contributed by atoms with Gasteiger partial charge in [-0.15, -0.1) is 0 Å². The molecule has 104 valence electrons. The van der Waals surface area contributed by atoms with Crippen molar-refractivity contribution in [3.8, 4) is 0 Å². The standard InChI is InChI=1S/C14H19ClN2O2/c1-11-3-2-4-12(13(11)15)14(19)17-7-5-16(6-8-17)9-10-18/h2-4,18H,5-10H2,1H3. The van der Waals surface area contributed by atoms with E-state index in [2.05, 4.69) is 4.90 Å². The lowest BCUT2D eigenvalue weighted by Gasteiger charge is -2.34. The Morgan fingerprint density at radius 2 is 2.00 bits per heavy atom. The van der Waals surface area contributed by atoms with Crippen LogP contribution in [-0.4, -0.2) is 60.1 Å². The number of piperazine rings is 1. The van der Waals surface area contributed by atoms with Crippen LogP contribution < -0.4 is 0 Å². The predicted molar refractivity (Wildman–Crippen MR) is 75.6 cm³/mol. The highest BCUT2D eigenvalue weighted by molar-refractivity contribution is 6.34. The minimum Gasteiger partial charge on any atom is -0.395 e. The van der Waals surface area contributed by atoms with Crippen molar-refractivity contribution in [2.45, 2.75) is 6.92 Å². The number of nitrogens with zero attached hydrogens (tertiary/aromatic N) is 2. The van der Waals surface area contributed by atoms with Gasteiger partial charge in [0.25, 0.3) is 5.91 Å². The lowest BCUT2D eigenvalue weighted by atomic mass is 10.1. The summed E-state index contributed by atoms with van der Waals surface area (Å²) in [6.07, 6.45) is 0. The van der Waals surface area contributed by atoms with Crippen molar-refractivity contribution >= 4 is 17.5 Å². The number of β-amino-alcohol motifs (C(OH)–C–C–N with tert-alkyl or cyclic N) is 1. The maximum Gasteiger partial charge on any atom is 0.255 e. The van der Waals surface area contributed by atoms with Crippen molar-refractivity contribution in [1.29, 1.82) is 0 Å². The Kier molecular flexibility index (Phi) is 4.80. The van der Waals surface area contributed by atoms with E-state index >= 15 is 0 Å². The van der Waals surface area contributed by atoms with E-state index in [1.165, 1.54) is 0 Å². The van der Waals surface area contributed by atoms with Gasteiger partial charge in [-0.1, -0.05) is 23.7 Å². The fourth-order valence-electron chi connectivity index (χ4n) is 2.30. The number of benzene rings is 1. The quantitative estimate of drug-likeness (QED) is 0.911. The van der Waals surface area contributed by atoms with Crippen LogP contribution in [0, 0.1) is 6.92 Å². The maximum absolute atomic E-state index is 12.4. The molecule has 1 heterocycles. The number of amides is 1. The largest absolute Gasteiger partial charge is 0.395 e. The van der Waals surface area contributed by atoms with E-state index in [0.29, 0.717) is 30.2 Å². The van der Waals surface area contributed by atoms with Gasteiger partial charge in [-0.3, -0.25) is 9.69 Å². The summed E-state index contributed by atoms with van der Waals surface area (Å²) < 4.78 is 0. The van der Waals surface area contributed by atoms with Gasteiger partial charge in [-0.25, -0.2) is 0 Å². The highest BCUT2D eigenvalue weighted by Crippen LogP contribution is 2.22. The van der Waals surface area contributed by atoms with Gasteiger partial charge in [-0.2, -0.15) is 0 Å². The Morgan fingerprint density at radius 1 is 1.32 bits per heavy atom. The van der Waals surface area contributed by atoms with E-state index in [1.54, 1.807) is 6.07 Å². The normalized spacial score (nSPS) is 16.7. The number of hydrogen-bond acceptors (Lipinski definition) is 3. The molecule has 1 aromatic carbocycles. The van der Waals surface area contributed by atoms with E-state index in [4.69, 9.17) is 16.7 Å². The summed E-state index contributed by atoms with van der Waals surface area (Å²) in [5.41, 5.74) is 1.50. The third-order valence-electron chi connectivity index (χ3n) is 3.50. The summed E-state index contributed by atoms with van der Waals surface area (Å²) in [6, 6.07) is 5.53. The van der Waals surface area contributed by atoms with Gasteiger partial charge in [0.2, 0.25) is 0 Å². The van der Waals surface area contributed by atoms with E-state index in [1.807, 2.05) is 24.0 Å². The molecule has 1 aliphatic rings. The molecule has 1 aromatic rings. The zero-order valence-corrected chi connectivity index (χ0v) is 11.9. The molecular formula is C14H19ClN2O2. The minimum atomic E-state index is -0.00246. The molecule has 0 unspecified atom stereocenters. The van der Waals surface area contributed by atoms with Gasteiger partial charge in [0, 0.05) is 32.7 Å². The molecule has 1 N–H and O–H groups in total. The number of rotatable bonds is 3. The Balaban J connectivity index is 2.03. The first-order chi connectivity index (χ1) is 9.13. The van der Waals surface area contributed by atoms with Crippen LogP contribution in [0.25, 0.3) is 0 Å². The van der Waals surface area contributed by atoms with Gasteiger partial charge in [0.05, 0.1) is 17.2 Å². The average molecular weight is 283 g/mol. The molecule has 0 spiro atoms. The zero-order chi connectivity index (χ0) is 13.8. The molecule has 0 aromatic heterocycles. The lowest BCUT2D eigenvalue weighted by Crippen LogP contribution is -2.49. The molecule has 4 nitrogen and oxygen atoms in total. The second-order valence-electron chi connectivity index (χ2n) is 4.79. The molecular weight excluding hydrogens is 264 g/mol. The molecule has 2 rings (SSSR count). The summed E-state index contributed by atoms with van der Waals surface area (Å²) in [4.78, 5) is 16.4. The first-order valence-corrected chi connectivity index (χ1v) is 6.89. The molecule has 1 amide bonds. The van der Waals surface area contributed by atoms with Crippen LogP contribution in [0.5, 0.6) is 0 Å². The van der Waals surface area contributed by atoms with E-state index in [9.17, 15) is 4.79 Å². The molecule has 1 saturated heterocycles. The molecule has 19 heavy (non-hydrogen) atoms. The third kappa shape index (κ3) is 3.26. The fraction of sp³-hybridized carbons (Fsp3) is 0.500. The Bertz CT molecular complexity index is 457. The molecule has 0 aliphatic carbocycles. The van der Waals surface area contributed by atoms with Gasteiger partial charge in [0.1, 0.15) is 0 Å². The van der Waals surface area contributed by atoms with Crippen LogP contribution >= 0.6 is 11.6 Å². The summed E-state index contributed by atoms with van der Waals surface area (Å²) in [7, 11) is 0. The average Bonchev–Trinajstić information content (AvgIpc) is 2.42. The Labute approximate surface area is 118 Å². The summed E-state index contributed by atoms with van der Waals surface area (Å²) in [6.45, 7) is 5.71. The number of halogens is 1. The van der Waals surface area contributed by atoms with Crippen molar-refractivity contribution in [3.63, 3.8) is 0 Å². The second-order valence-corrected chi connectivity index (χ2v) is 5.17. The number of aryl methyl sites for hydroxylation is 1. The van der Waals surface area contributed by atoms with Gasteiger partial charge in [-0.05, 0) is 18.6 Å². The van der Waals surface area contributed by atoms with Crippen molar-refractivity contribution in [1.82, 2.24) is 9.80 Å². The van der Waals surface area contributed by atoms with Crippen molar-refractivity contribution in [2.75, 3.05) is 39.3 Å². The van der Waals surface area contributed by atoms with Crippen molar-refractivity contribution in [3.05, 3.63) is 34.3 Å². The molecule has 0 atom stereocenters. The number of aliphatic hydroxyl groups excluding tert-OH is 1. The smallest absolute Gasteiger partial charge is 0.255 e. The minimum absolute atomic E-state index is 0.00246.